The van der Waals surface area contributed by atoms with Crippen molar-refractivity contribution in [1.29, 1.82) is 0 Å². The van der Waals surface area contributed by atoms with E-state index >= 15 is 0 Å². The maximum atomic E-state index is 12.4. The Morgan fingerprint density at radius 3 is 2.59 bits per heavy atom. The van der Waals surface area contributed by atoms with E-state index in [2.05, 4.69) is 9.88 Å². The van der Waals surface area contributed by atoms with E-state index in [1.165, 1.54) is 0 Å². The minimum absolute atomic E-state index is 0.287. The number of para-hydroxylation sites is 1. The summed E-state index contributed by atoms with van der Waals surface area (Å²) in [5.74, 6) is 1.46. The third-order valence-corrected chi connectivity index (χ3v) is 4.78. The lowest BCUT2D eigenvalue weighted by molar-refractivity contribution is 0.103. The molecule has 27 heavy (non-hydrogen) atoms. The molecule has 0 unspecified atom stereocenters. The molecule has 140 valence electrons. The summed E-state index contributed by atoms with van der Waals surface area (Å²) < 4.78 is 11.3. The number of carbonyl (C=O) groups excluding carboxylic acids is 1. The maximum absolute atomic E-state index is 12.4. The van der Waals surface area contributed by atoms with E-state index in [0.29, 0.717) is 25.4 Å². The van der Waals surface area contributed by atoms with E-state index in [1.54, 1.807) is 4.90 Å². The molecule has 0 atom stereocenters. The molecule has 2 aromatic carbocycles. The zero-order chi connectivity index (χ0) is 18.5. The zero-order valence-corrected chi connectivity index (χ0v) is 15.1. The van der Waals surface area contributed by atoms with Crippen molar-refractivity contribution in [2.75, 3.05) is 39.3 Å². The van der Waals surface area contributed by atoms with Crippen LogP contribution in [0.25, 0.3) is 10.9 Å². The normalized spacial score (nSPS) is 15.0. The van der Waals surface area contributed by atoms with Crippen molar-refractivity contribution in [3.63, 3.8) is 0 Å². The molecule has 6 heteroatoms. The van der Waals surface area contributed by atoms with Crippen molar-refractivity contribution in [3.05, 3.63) is 60.8 Å². The van der Waals surface area contributed by atoms with Gasteiger partial charge in [-0.15, -0.1) is 0 Å². The second-order valence-corrected chi connectivity index (χ2v) is 6.58. The predicted octanol–water partition coefficient (Wildman–Crippen LogP) is 3.36. The number of fused-ring (bicyclic) bond motifs is 1. The van der Waals surface area contributed by atoms with Gasteiger partial charge in [0.15, 0.2) is 0 Å². The molecule has 3 aromatic rings. The van der Waals surface area contributed by atoms with Gasteiger partial charge >= 0.3 is 6.09 Å². The average Bonchev–Trinajstić information content (AvgIpc) is 3.17. The van der Waals surface area contributed by atoms with Crippen LogP contribution in [0.3, 0.4) is 0 Å². The van der Waals surface area contributed by atoms with E-state index in [1.807, 2.05) is 60.8 Å². The van der Waals surface area contributed by atoms with Gasteiger partial charge in [-0.2, -0.15) is 0 Å². The predicted molar refractivity (Wildman–Crippen MR) is 104 cm³/mol. The largest absolute Gasteiger partial charge is 0.492 e. The number of H-pyrrole nitrogens is 1. The number of hydrogen-bond donors (Lipinski definition) is 1. The molecule has 1 aliphatic heterocycles. The Morgan fingerprint density at radius 2 is 1.78 bits per heavy atom. The number of nitrogens with zero attached hydrogens (tertiary/aromatic N) is 2. The molecule has 0 aliphatic carbocycles. The van der Waals surface area contributed by atoms with Gasteiger partial charge in [0.05, 0.1) is 0 Å². The first-order valence-electron chi connectivity index (χ1n) is 9.22. The van der Waals surface area contributed by atoms with Crippen molar-refractivity contribution in [1.82, 2.24) is 14.8 Å². The van der Waals surface area contributed by atoms with Gasteiger partial charge in [-0.1, -0.05) is 18.2 Å². The molecule has 1 aliphatic rings. The lowest BCUT2D eigenvalue weighted by Gasteiger charge is -2.33. The molecule has 0 spiro atoms. The average molecular weight is 365 g/mol. The van der Waals surface area contributed by atoms with E-state index in [4.69, 9.17) is 9.47 Å². The highest BCUT2D eigenvalue weighted by atomic mass is 16.6. The van der Waals surface area contributed by atoms with Gasteiger partial charge < -0.3 is 19.4 Å². The molecule has 1 fully saturated rings. The molecule has 0 radical (unpaired) electrons. The van der Waals surface area contributed by atoms with Gasteiger partial charge in [0.1, 0.15) is 18.1 Å². The number of piperazine rings is 1. The monoisotopic (exact) mass is 365 g/mol. The number of benzene rings is 2. The second kappa shape index (κ2) is 8.14. The fraction of sp³-hybridized carbons (Fsp3) is 0.286. The summed E-state index contributed by atoms with van der Waals surface area (Å²) in [4.78, 5) is 19.6. The lowest BCUT2D eigenvalue weighted by Crippen LogP contribution is -2.50. The van der Waals surface area contributed by atoms with E-state index < -0.39 is 0 Å². The molecular formula is C21H23N3O3. The molecule has 4 rings (SSSR count). The smallest absolute Gasteiger partial charge is 0.415 e. The molecule has 0 saturated carbocycles. The Hall–Kier alpha value is -2.99. The number of ether oxygens (including phenoxy) is 2. The van der Waals surface area contributed by atoms with Gasteiger partial charge in [0, 0.05) is 49.8 Å². The molecule has 0 bridgehead atoms. The number of carbonyl (C=O) groups is 1. The molecule has 1 N–H and O–H groups in total. The first-order valence-corrected chi connectivity index (χ1v) is 9.22. The van der Waals surface area contributed by atoms with Gasteiger partial charge in [0.25, 0.3) is 0 Å². The third-order valence-electron chi connectivity index (χ3n) is 4.78. The van der Waals surface area contributed by atoms with Gasteiger partial charge in [0.2, 0.25) is 0 Å². The van der Waals surface area contributed by atoms with Crippen molar-refractivity contribution in [2.24, 2.45) is 0 Å². The Morgan fingerprint density at radius 1 is 0.963 bits per heavy atom. The lowest BCUT2D eigenvalue weighted by atomic mass is 10.2. The fourth-order valence-corrected chi connectivity index (χ4v) is 3.22. The second-order valence-electron chi connectivity index (χ2n) is 6.58. The number of aromatic nitrogens is 1. The minimum Gasteiger partial charge on any atom is -0.492 e. The quantitative estimate of drug-likeness (QED) is 0.753. The summed E-state index contributed by atoms with van der Waals surface area (Å²) in [6.07, 6.45) is 1.59. The molecule has 1 amide bonds. The topological polar surface area (TPSA) is 57.8 Å². The summed E-state index contributed by atoms with van der Waals surface area (Å²) >= 11 is 0. The maximum Gasteiger partial charge on any atom is 0.415 e. The van der Waals surface area contributed by atoms with Crippen LogP contribution in [0.5, 0.6) is 11.5 Å². The van der Waals surface area contributed by atoms with Crippen LogP contribution in [0.2, 0.25) is 0 Å². The summed E-state index contributed by atoms with van der Waals surface area (Å²) in [5.41, 5.74) is 1.03. The van der Waals surface area contributed by atoms with Crippen molar-refractivity contribution < 1.29 is 14.3 Å². The first kappa shape index (κ1) is 17.4. The zero-order valence-electron chi connectivity index (χ0n) is 15.1. The van der Waals surface area contributed by atoms with Crippen LogP contribution >= 0.6 is 0 Å². The fourth-order valence-electron chi connectivity index (χ4n) is 3.22. The van der Waals surface area contributed by atoms with Crippen molar-refractivity contribution in [3.8, 4) is 11.5 Å². The Bertz CT molecular complexity index is 886. The molecule has 1 saturated heterocycles. The van der Waals surface area contributed by atoms with E-state index in [9.17, 15) is 4.79 Å². The molecule has 2 heterocycles. The highest BCUT2D eigenvalue weighted by molar-refractivity contribution is 5.82. The number of hydrogen-bond acceptors (Lipinski definition) is 4. The van der Waals surface area contributed by atoms with Crippen LogP contribution < -0.4 is 9.47 Å². The van der Waals surface area contributed by atoms with Gasteiger partial charge in [-0.3, -0.25) is 4.90 Å². The van der Waals surface area contributed by atoms with Crippen molar-refractivity contribution >= 4 is 17.0 Å². The SMILES string of the molecule is O=C(Oc1ccc2[nH]ccc2c1)N1CCN(CCOc2ccccc2)CC1. The number of aromatic amines is 1. The minimum atomic E-state index is -0.287. The highest BCUT2D eigenvalue weighted by Crippen LogP contribution is 2.20. The number of amides is 1. The molecule has 1 aromatic heterocycles. The van der Waals surface area contributed by atoms with Gasteiger partial charge in [-0.05, 0) is 36.4 Å². The summed E-state index contributed by atoms with van der Waals surface area (Å²) in [7, 11) is 0. The number of rotatable bonds is 5. The van der Waals surface area contributed by atoms with Gasteiger partial charge in [-0.25, -0.2) is 4.79 Å². The van der Waals surface area contributed by atoms with Crippen molar-refractivity contribution in [2.45, 2.75) is 0 Å². The van der Waals surface area contributed by atoms with Crippen LogP contribution in [-0.2, 0) is 0 Å². The van der Waals surface area contributed by atoms with Crippen LogP contribution in [0, 0.1) is 0 Å². The number of nitrogens with one attached hydrogen (secondary N) is 1. The summed E-state index contributed by atoms with van der Waals surface area (Å²) in [5, 5.41) is 1.03. The first-order chi connectivity index (χ1) is 13.3. The summed E-state index contributed by atoms with van der Waals surface area (Å²) in [6, 6.07) is 17.4. The molecular weight excluding hydrogens is 342 g/mol. The van der Waals surface area contributed by atoms with Crippen LogP contribution in [0.15, 0.2) is 60.8 Å². The highest BCUT2D eigenvalue weighted by Gasteiger charge is 2.22. The standard InChI is InChI=1S/C21H23N3O3/c25-21(27-19-6-7-20-17(16-19)8-9-22-20)24-12-10-23(11-13-24)14-15-26-18-4-2-1-3-5-18/h1-9,16,22H,10-15H2. The summed E-state index contributed by atoms with van der Waals surface area (Å²) in [6.45, 7) is 4.47. The molecule has 6 nitrogen and oxygen atoms in total. The Labute approximate surface area is 158 Å². The van der Waals surface area contributed by atoms with Crippen LogP contribution in [-0.4, -0.2) is 60.2 Å². The third kappa shape index (κ3) is 4.41. The Balaban J connectivity index is 1.22. The van der Waals surface area contributed by atoms with E-state index in [-0.39, 0.29) is 6.09 Å². The van der Waals surface area contributed by atoms with Crippen LogP contribution in [0.1, 0.15) is 0 Å². The van der Waals surface area contributed by atoms with E-state index in [0.717, 1.165) is 36.3 Å². The van der Waals surface area contributed by atoms with Crippen LogP contribution in [0.4, 0.5) is 4.79 Å². The Kier molecular flexibility index (Phi) is 5.25.